The molecular formula is C22H14F4N4O2. The fraction of sp³-hybridized carbons (Fsp3) is 0.0455. The number of ether oxygens (including phenoxy) is 1. The van der Waals surface area contributed by atoms with Gasteiger partial charge in [-0.1, -0.05) is 6.07 Å². The number of rotatable bonds is 4. The Hall–Kier alpha value is -4.21. The second-order valence-electron chi connectivity index (χ2n) is 6.61. The lowest BCUT2D eigenvalue weighted by molar-refractivity contribution is -0.139. The Morgan fingerprint density at radius 3 is 2.22 bits per heavy atom. The summed E-state index contributed by atoms with van der Waals surface area (Å²) in [6, 6.07) is 13.0. The number of nitrogens with one attached hydrogen (secondary N) is 2. The van der Waals surface area contributed by atoms with Gasteiger partial charge in [-0.05, 0) is 42.5 Å². The minimum Gasteiger partial charge on any atom is -0.457 e. The second kappa shape index (κ2) is 8.50. The minimum absolute atomic E-state index is 0.127. The van der Waals surface area contributed by atoms with Crippen molar-refractivity contribution in [3.63, 3.8) is 0 Å². The maximum Gasteiger partial charge on any atom is 0.419 e. The summed E-state index contributed by atoms with van der Waals surface area (Å²) in [5.74, 6) is -0.544. The average molecular weight is 442 g/mol. The van der Waals surface area contributed by atoms with Gasteiger partial charge in [-0.15, -0.1) is 0 Å². The van der Waals surface area contributed by atoms with Crippen LogP contribution in [0.15, 0.2) is 73.1 Å². The molecule has 0 radical (unpaired) electrons. The third-order valence-corrected chi connectivity index (χ3v) is 4.30. The Morgan fingerprint density at radius 1 is 0.812 bits per heavy atom. The lowest BCUT2D eigenvalue weighted by Crippen LogP contribution is -2.19. The molecule has 0 saturated heterocycles. The summed E-state index contributed by atoms with van der Waals surface area (Å²) in [5, 5.41) is 4.80. The monoisotopic (exact) mass is 442 g/mol. The van der Waals surface area contributed by atoms with Gasteiger partial charge in [0.05, 0.1) is 16.6 Å². The molecule has 6 nitrogen and oxygen atoms in total. The highest BCUT2D eigenvalue weighted by Crippen LogP contribution is 2.32. The molecule has 0 unspecified atom stereocenters. The first-order valence-corrected chi connectivity index (χ1v) is 9.21. The molecule has 162 valence electrons. The van der Waals surface area contributed by atoms with Gasteiger partial charge < -0.3 is 15.4 Å². The maximum absolute atomic E-state index is 13.7. The van der Waals surface area contributed by atoms with Crippen LogP contribution in [0.5, 0.6) is 11.5 Å². The molecule has 0 bridgehead atoms. The predicted octanol–water partition coefficient (Wildman–Crippen LogP) is 6.22. The van der Waals surface area contributed by atoms with E-state index in [9.17, 15) is 22.4 Å². The molecule has 0 spiro atoms. The molecule has 4 rings (SSSR count). The molecule has 10 heteroatoms. The van der Waals surface area contributed by atoms with E-state index in [-0.39, 0.29) is 5.69 Å². The number of aromatic nitrogens is 2. The number of anilines is 2. The fourth-order valence-corrected chi connectivity index (χ4v) is 2.90. The molecule has 0 aliphatic rings. The van der Waals surface area contributed by atoms with Crippen LogP contribution < -0.4 is 15.4 Å². The van der Waals surface area contributed by atoms with Crippen molar-refractivity contribution in [2.75, 3.05) is 10.6 Å². The van der Waals surface area contributed by atoms with E-state index in [1.54, 1.807) is 54.9 Å². The number of nitrogens with zero attached hydrogens (tertiary/aromatic N) is 2. The summed E-state index contributed by atoms with van der Waals surface area (Å²) < 4.78 is 57.4. The highest BCUT2D eigenvalue weighted by molar-refractivity contribution is 5.99. The highest BCUT2D eigenvalue weighted by Gasteiger charge is 2.33. The third kappa shape index (κ3) is 4.91. The van der Waals surface area contributed by atoms with Crippen LogP contribution in [0.2, 0.25) is 0 Å². The number of amides is 2. The largest absolute Gasteiger partial charge is 0.457 e. The second-order valence-corrected chi connectivity index (χ2v) is 6.61. The molecule has 3 aromatic carbocycles. The van der Waals surface area contributed by atoms with E-state index in [0.29, 0.717) is 40.4 Å². The number of hydrogen-bond donors (Lipinski definition) is 2. The van der Waals surface area contributed by atoms with Gasteiger partial charge in [-0.2, -0.15) is 13.2 Å². The van der Waals surface area contributed by atoms with Gasteiger partial charge in [-0.25, -0.2) is 9.18 Å². The van der Waals surface area contributed by atoms with Gasteiger partial charge in [0.25, 0.3) is 0 Å². The van der Waals surface area contributed by atoms with Crippen molar-refractivity contribution >= 4 is 28.4 Å². The summed E-state index contributed by atoms with van der Waals surface area (Å²) in [4.78, 5) is 20.6. The number of carbonyl (C=O) groups excluding carboxylic acids is 1. The number of benzene rings is 3. The topological polar surface area (TPSA) is 76.1 Å². The SMILES string of the molecule is O=C(Nc1cccc(Oc2ccc3nccnc3c2)c1)Nc1ccc(C(F)(F)F)c(F)c1. The zero-order chi connectivity index (χ0) is 22.7. The van der Waals surface area contributed by atoms with Crippen molar-refractivity contribution in [1.29, 1.82) is 0 Å². The molecule has 0 saturated carbocycles. The Balaban J connectivity index is 1.43. The Bertz CT molecular complexity index is 1290. The number of carbonyl (C=O) groups is 1. The van der Waals surface area contributed by atoms with Crippen LogP contribution in [-0.4, -0.2) is 16.0 Å². The van der Waals surface area contributed by atoms with Gasteiger partial charge in [0.1, 0.15) is 17.3 Å². The van der Waals surface area contributed by atoms with E-state index in [0.717, 1.165) is 6.07 Å². The van der Waals surface area contributed by atoms with Crippen molar-refractivity contribution < 1.29 is 27.1 Å². The first-order chi connectivity index (χ1) is 15.3. The Kier molecular flexibility index (Phi) is 5.59. The van der Waals surface area contributed by atoms with Crippen LogP contribution in [0, 0.1) is 5.82 Å². The molecule has 0 aliphatic heterocycles. The van der Waals surface area contributed by atoms with Gasteiger partial charge >= 0.3 is 12.2 Å². The van der Waals surface area contributed by atoms with E-state index in [1.165, 1.54) is 0 Å². The van der Waals surface area contributed by atoms with Crippen LogP contribution in [-0.2, 0) is 6.18 Å². The summed E-state index contributed by atoms with van der Waals surface area (Å²) in [6.45, 7) is 0. The molecule has 1 aromatic heterocycles. The van der Waals surface area contributed by atoms with Crippen molar-refractivity contribution in [1.82, 2.24) is 9.97 Å². The van der Waals surface area contributed by atoms with Crippen LogP contribution in [0.25, 0.3) is 11.0 Å². The minimum atomic E-state index is -4.82. The normalized spacial score (nSPS) is 11.2. The zero-order valence-corrected chi connectivity index (χ0v) is 16.2. The Morgan fingerprint density at radius 2 is 1.50 bits per heavy atom. The van der Waals surface area contributed by atoms with Crippen molar-refractivity contribution in [2.24, 2.45) is 0 Å². The standard InChI is InChI=1S/C22H14F4N4O2/c23-18-11-14(4-6-17(18)22(24,25)26)30-21(31)29-13-2-1-3-15(10-13)32-16-5-7-19-20(12-16)28-9-8-27-19/h1-12H,(H2,29,30,31). The van der Waals surface area contributed by atoms with Gasteiger partial charge in [0.15, 0.2) is 0 Å². The van der Waals surface area contributed by atoms with Crippen molar-refractivity contribution in [3.05, 3.63) is 84.4 Å². The smallest absolute Gasteiger partial charge is 0.419 e. The van der Waals surface area contributed by atoms with Crippen molar-refractivity contribution in [3.8, 4) is 11.5 Å². The van der Waals surface area contributed by atoms with Crippen LogP contribution in [0.4, 0.5) is 33.7 Å². The molecule has 0 atom stereocenters. The molecule has 2 amide bonds. The lowest BCUT2D eigenvalue weighted by atomic mass is 10.2. The van der Waals surface area contributed by atoms with Crippen LogP contribution in [0.1, 0.15) is 5.56 Å². The van der Waals surface area contributed by atoms with E-state index >= 15 is 0 Å². The molecule has 4 aromatic rings. The van der Waals surface area contributed by atoms with Crippen LogP contribution >= 0.6 is 0 Å². The zero-order valence-electron chi connectivity index (χ0n) is 16.2. The molecule has 0 aliphatic carbocycles. The summed E-state index contributed by atoms with van der Waals surface area (Å²) in [6.07, 6.45) is -1.66. The van der Waals surface area contributed by atoms with E-state index in [4.69, 9.17) is 4.74 Å². The number of hydrogen-bond acceptors (Lipinski definition) is 4. The summed E-state index contributed by atoms with van der Waals surface area (Å²) >= 11 is 0. The first-order valence-electron chi connectivity index (χ1n) is 9.21. The Labute approximate surface area is 178 Å². The third-order valence-electron chi connectivity index (χ3n) is 4.30. The molecular weight excluding hydrogens is 428 g/mol. The van der Waals surface area contributed by atoms with E-state index < -0.39 is 23.6 Å². The molecule has 1 heterocycles. The first kappa shape index (κ1) is 21.0. The molecule has 2 N–H and O–H groups in total. The van der Waals surface area contributed by atoms with Gasteiger partial charge in [0.2, 0.25) is 0 Å². The quantitative estimate of drug-likeness (QED) is 0.368. The van der Waals surface area contributed by atoms with Gasteiger partial charge in [-0.3, -0.25) is 9.97 Å². The van der Waals surface area contributed by atoms with Gasteiger partial charge in [0, 0.05) is 35.9 Å². The van der Waals surface area contributed by atoms with Crippen LogP contribution in [0.3, 0.4) is 0 Å². The maximum atomic E-state index is 13.7. The van der Waals surface area contributed by atoms with E-state index in [2.05, 4.69) is 20.6 Å². The fourth-order valence-electron chi connectivity index (χ4n) is 2.90. The lowest BCUT2D eigenvalue weighted by Gasteiger charge is -2.12. The average Bonchev–Trinajstić information content (AvgIpc) is 2.73. The highest BCUT2D eigenvalue weighted by atomic mass is 19.4. The van der Waals surface area contributed by atoms with E-state index in [1.807, 2.05) is 0 Å². The summed E-state index contributed by atoms with van der Waals surface area (Å²) in [5.41, 5.74) is 0.188. The van der Waals surface area contributed by atoms with Crippen molar-refractivity contribution in [2.45, 2.75) is 6.18 Å². The number of urea groups is 1. The number of fused-ring (bicyclic) bond motifs is 1. The number of halogens is 4. The molecule has 0 fully saturated rings. The predicted molar refractivity (Wildman–Crippen MR) is 110 cm³/mol. The number of alkyl halides is 3. The molecule has 32 heavy (non-hydrogen) atoms. The summed E-state index contributed by atoms with van der Waals surface area (Å²) in [7, 11) is 0.